The first-order valence-electron chi connectivity index (χ1n) is 7.96. The number of aliphatic hydroxyl groups excluding tert-OH is 1. The molecule has 5 heteroatoms. The van der Waals surface area contributed by atoms with E-state index in [0.29, 0.717) is 5.76 Å². The summed E-state index contributed by atoms with van der Waals surface area (Å²) in [6.07, 6.45) is 5.66. The summed E-state index contributed by atoms with van der Waals surface area (Å²) in [5.41, 5.74) is 4.60. The van der Waals surface area contributed by atoms with Crippen LogP contribution in [0.2, 0.25) is 0 Å². The van der Waals surface area contributed by atoms with E-state index in [1.165, 1.54) is 0 Å². The monoisotopic (exact) mass is 330 g/mol. The Morgan fingerprint density at radius 2 is 1.88 bits per heavy atom. The molecular weight excluding hydrogens is 316 g/mol. The van der Waals surface area contributed by atoms with Crippen molar-refractivity contribution >= 4 is 16.6 Å². The van der Waals surface area contributed by atoms with Gasteiger partial charge in [0.25, 0.3) is 0 Å². The van der Waals surface area contributed by atoms with Crippen LogP contribution in [0.1, 0.15) is 5.76 Å². The predicted octanol–water partition coefficient (Wildman–Crippen LogP) is 4.50. The minimum atomic E-state index is -0.103. The standard InChI is InChI=1S/C20H14N2O3/c23-12-16-3-5-19(25-16)15-2-6-20-21-17(11-22(20)10-15)13-1-4-18-14(9-13)7-8-24-18/h1-11,23H,12H2. The maximum absolute atomic E-state index is 9.14. The summed E-state index contributed by atoms with van der Waals surface area (Å²) < 4.78 is 13.0. The van der Waals surface area contributed by atoms with Gasteiger partial charge in [0, 0.05) is 28.9 Å². The summed E-state index contributed by atoms with van der Waals surface area (Å²) in [4.78, 5) is 4.69. The van der Waals surface area contributed by atoms with Gasteiger partial charge in [0.1, 0.15) is 29.4 Å². The van der Waals surface area contributed by atoms with Crippen LogP contribution in [0, 0.1) is 0 Å². The molecule has 5 aromatic rings. The van der Waals surface area contributed by atoms with Gasteiger partial charge in [0.15, 0.2) is 0 Å². The van der Waals surface area contributed by atoms with Crippen LogP contribution in [0.3, 0.4) is 0 Å². The van der Waals surface area contributed by atoms with Gasteiger partial charge in [0.2, 0.25) is 0 Å². The lowest BCUT2D eigenvalue weighted by atomic mass is 10.1. The lowest BCUT2D eigenvalue weighted by Gasteiger charge is -1.98. The van der Waals surface area contributed by atoms with Crippen molar-refractivity contribution in [3.63, 3.8) is 0 Å². The lowest BCUT2D eigenvalue weighted by molar-refractivity contribution is 0.248. The third-order valence-corrected chi connectivity index (χ3v) is 4.30. The zero-order valence-corrected chi connectivity index (χ0v) is 13.2. The third-order valence-electron chi connectivity index (χ3n) is 4.30. The first kappa shape index (κ1) is 14.1. The van der Waals surface area contributed by atoms with Crippen LogP contribution < -0.4 is 0 Å². The number of hydrogen-bond donors (Lipinski definition) is 1. The molecule has 0 spiro atoms. The number of hydrogen-bond acceptors (Lipinski definition) is 4. The van der Waals surface area contributed by atoms with Gasteiger partial charge in [-0.25, -0.2) is 4.98 Å². The normalized spacial score (nSPS) is 11.6. The molecule has 0 saturated carbocycles. The van der Waals surface area contributed by atoms with Crippen molar-refractivity contribution in [2.75, 3.05) is 0 Å². The Morgan fingerprint density at radius 1 is 0.960 bits per heavy atom. The Balaban J connectivity index is 1.58. The fourth-order valence-corrected chi connectivity index (χ4v) is 3.02. The van der Waals surface area contributed by atoms with E-state index in [9.17, 15) is 0 Å². The zero-order valence-electron chi connectivity index (χ0n) is 13.2. The Bertz CT molecular complexity index is 1200. The predicted molar refractivity (Wildman–Crippen MR) is 94.0 cm³/mol. The Kier molecular flexibility index (Phi) is 3.02. The fourth-order valence-electron chi connectivity index (χ4n) is 3.02. The van der Waals surface area contributed by atoms with Crippen LogP contribution in [-0.2, 0) is 6.61 Å². The zero-order chi connectivity index (χ0) is 16.8. The minimum absolute atomic E-state index is 0.103. The van der Waals surface area contributed by atoms with Crippen LogP contribution in [0.5, 0.6) is 0 Å². The average molecular weight is 330 g/mol. The quantitative estimate of drug-likeness (QED) is 0.529. The molecule has 0 amide bonds. The van der Waals surface area contributed by atoms with E-state index in [0.717, 1.165) is 39.2 Å². The summed E-state index contributed by atoms with van der Waals surface area (Å²) in [7, 11) is 0. The van der Waals surface area contributed by atoms with Gasteiger partial charge in [-0.15, -0.1) is 0 Å². The van der Waals surface area contributed by atoms with E-state index < -0.39 is 0 Å². The van der Waals surface area contributed by atoms with E-state index in [1.54, 1.807) is 12.3 Å². The van der Waals surface area contributed by atoms with E-state index in [4.69, 9.17) is 18.9 Å². The molecule has 0 unspecified atom stereocenters. The first-order valence-corrected chi connectivity index (χ1v) is 7.96. The van der Waals surface area contributed by atoms with Crippen LogP contribution in [0.15, 0.2) is 76.0 Å². The smallest absolute Gasteiger partial charge is 0.137 e. The van der Waals surface area contributed by atoms with E-state index in [-0.39, 0.29) is 6.61 Å². The molecular formula is C20H14N2O3. The van der Waals surface area contributed by atoms with E-state index in [1.807, 2.05) is 53.2 Å². The van der Waals surface area contributed by atoms with Gasteiger partial charge < -0.3 is 18.3 Å². The number of furan rings is 2. The molecule has 4 heterocycles. The molecule has 0 atom stereocenters. The van der Waals surface area contributed by atoms with Gasteiger partial charge in [-0.05, 0) is 48.5 Å². The van der Waals surface area contributed by atoms with Crippen LogP contribution >= 0.6 is 0 Å². The van der Waals surface area contributed by atoms with Gasteiger partial charge in [-0.2, -0.15) is 0 Å². The molecule has 1 N–H and O–H groups in total. The number of fused-ring (bicyclic) bond motifs is 2. The summed E-state index contributed by atoms with van der Waals surface area (Å²) in [5, 5.41) is 10.2. The molecule has 5 rings (SSSR count). The summed E-state index contributed by atoms with van der Waals surface area (Å²) in [6.45, 7) is -0.103. The number of rotatable bonds is 3. The largest absolute Gasteiger partial charge is 0.464 e. The van der Waals surface area contributed by atoms with Gasteiger partial charge in [-0.3, -0.25) is 0 Å². The van der Waals surface area contributed by atoms with Gasteiger partial charge >= 0.3 is 0 Å². The van der Waals surface area contributed by atoms with Gasteiger partial charge in [0.05, 0.1) is 12.0 Å². The van der Waals surface area contributed by atoms with E-state index in [2.05, 4.69) is 6.07 Å². The van der Waals surface area contributed by atoms with Crippen LogP contribution in [0.25, 0.3) is 39.2 Å². The second kappa shape index (κ2) is 5.36. The van der Waals surface area contributed by atoms with Crippen molar-refractivity contribution in [3.05, 3.63) is 72.9 Å². The molecule has 5 nitrogen and oxygen atoms in total. The summed E-state index contributed by atoms with van der Waals surface area (Å²) in [5.74, 6) is 1.27. The summed E-state index contributed by atoms with van der Waals surface area (Å²) >= 11 is 0. The highest BCUT2D eigenvalue weighted by molar-refractivity contribution is 5.83. The number of pyridine rings is 1. The molecule has 0 aliphatic rings. The second-order valence-corrected chi connectivity index (χ2v) is 5.91. The van der Waals surface area contributed by atoms with Crippen molar-refractivity contribution in [1.82, 2.24) is 9.38 Å². The van der Waals surface area contributed by atoms with Crippen LogP contribution in [-0.4, -0.2) is 14.5 Å². The van der Waals surface area contributed by atoms with Crippen molar-refractivity contribution in [1.29, 1.82) is 0 Å². The van der Waals surface area contributed by atoms with Crippen molar-refractivity contribution < 1.29 is 13.9 Å². The molecule has 1 aromatic carbocycles. The molecule has 0 aliphatic heterocycles. The molecule has 0 fully saturated rings. The maximum Gasteiger partial charge on any atom is 0.137 e. The number of benzene rings is 1. The second-order valence-electron chi connectivity index (χ2n) is 5.91. The highest BCUT2D eigenvalue weighted by Gasteiger charge is 2.09. The minimum Gasteiger partial charge on any atom is -0.464 e. The highest BCUT2D eigenvalue weighted by Crippen LogP contribution is 2.27. The molecule has 25 heavy (non-hydrogen) atoms. The molecule has 0 bridgehead atoms. The molecule has 0 radical (unpaired) electrons. The molecule has 4 aromatic heterocycles. The molecule has 122 valence electrons. The number of imidazole rings is 1. The highest BCUT2D eigenvalue weighted by atomic mass is 16.4. The molecule has 0 aliphatic carbocycles. The maximum atomic E-state index is 9.14. The van der Waals surface area contributed by atoms with Gasteiger partial charge in [-0.1, -0.05) is 0 Å². The number of aliphatic hydroxyl groups is 1. The Labute approximate surface area is 142 Å². The Morgan fingerprint density at radius 3 is 2.76 bits per heavy atom. The lowest BCUT2D eigenvalue weighted by Crippen LogP contribution is -1.84. The topological polar surface area (TPSA) is 63.8 Å². The third kappa shape index (κ3) is 2.33. The first-order chi connectivity index (χ1) is 12.3. The Hall–Kier alpha value is -3.31. The van der Waals surface area contributed by atoms with Crippen LogP contribution in [0.4, 0.5) is 0 Å². The van der Waals surface area contributed by atoms with Crippen molar-refractivity contribution in [2.45, 2.75) is 6.61 Å². The number of aromatic nitrogens is 2. The van der Waals surface area contributed by atoms with Crippen molar-refractivity contribution in [2.24, 2.45) is 0 Å². The average Bonchev–Trinajstić information content (AvgIpc) is 3.37. The SMILES string of the molecule is OCc1ccc(-c2ccc3nc(-c4ccc5occc5c4)cn3c2)o1. The number of nitrogens with zero attached hydrogens (tertiary/aromatic N) is 2. The summed E-state index contributed by atoms with van der Waals surface area (Å²) in [6, 6.07) is 15.5. The van der Waals surface area contributed by atoms with E-state index >= 15 is 0 Å². The fraction of sp³-hybridized carbons (Fsp3) is 0.0500. The van der Waals surface area contributed by atoms with Crippen molar-refractivity contribution in [3.8, 4) is 22.6 Å². The molecule has 0 saturated heterocycles.